The number of aromatic nitrogens is 1. The lowest BCUT2D eigenvalue weighted by Crippen LogP contribution is -2.31. The number of pyridine rings is 1. The first-order valence-corrected chi connectivity index (χ1v) is 9.45. The normalized spacial score (nSPS) is 12.8. The van der Waals surface area contributed by atoms with Crippen molar-refractivity contribution in [1.29, 1.82) is 0 Å². The molecule has 3 heteroatoms. The molecule has 1 aliphatic rings. The van der Waals surface area contributed by atoms with Crippen LogP contribution in [0.25, 0.3) is 32.1 Å². The van der Waals surface area contributed by atoms with Gasteiger partial charge in [-0.15, -0.1) is 11.3 Å². The Bertz CT molecular complexity index is 1120. The van der Waals surface area contributed by atoms with Crippen LogP contribution in [0.1, 0.15) is 11.1 Å². The van der Waals surface area contributed by atoms with Gasteiger partial charge in [0.05, 0.1) is 10.9 Å². The molecule has 23 heavy (non-hydrogen) atoms. The second kappa shape index (κ2) is 4.59. The summed E-state index contributed by atoms with van der Waals surface area (Å²) in [5.74, 6) is 0. The van der Waals surface area contributed by atoms with E-state index in [-0.39, 0.29) is 0 Å². The van der Waals surface area contributed by atoms with E-state index in [2.05, 4.69) is 67.4 Å². The van der Waals surface area contributed by atoms with Gasteiger partial charge in [-0.05, 0) is 59.3 Å². The number of hydrogen-bond donors (Lipinski definition) is 0. The molecule has 0 aliphatic carbocycles. The molecule has 0 saturated carbocycles. The van der Waals surface area contributed by atoms with Crippen LogP contribution in [0.15, 0.2) is 51.7 Å². The summed E-state index contributed by atoms with van der Waals surface area (Å²) in [6, 6.07) is 11.5. The molecule has 5 rings (SSSR count). The number of benzene rings is 2. The van der Waals surface area contributed by atoms with Crippen LogP contribution in [-0.4, -0.2) is 0 Å². The van der Waals surface area contributed by atoms with Gasteiger partial charge in [0.2, 0.25) is 5.69 Å². The third-order valence-corrected chi connectivity index (χ3v) is 6.73. The highest BCUT2D eigenvalue weighted by molar-refractivity contribution is 7.99. The fourth-order valence-electron chi connectivity index (χ4n) is 3.74. The Morgan fingerprint density at radius 3 is 2.74 bits per heavy atom. The molecule has 2 aromatic carbocycles. The van der Waals surface area contributed by atoms with Crippen LogP contribution in [-0.2, 0) is 7.05 Å². The van der Waals surface area contributed by atoms with Crippen molar-refractivity contribution in [1.82, 2.24) is 0 Å². The minimum atomic E-state index is 1.33. The van der Waals surface area contributed by atoms with Gasteiger partial charge in [-0.2, -0.15) is 0 Å². The Hall–Kier alpha value is -1.84. The second-order valence-electron chi connectivity index (χ2n) is 6.31. The molecule has 4 aromatic rings. The highest BCUT2D eigenvalue weighted by atomic mass is 32.2. The van der Waals surface area contributed by atoms with Gasteiger partial charge < -0.3 is 0 Å². The summed E-state index contributed by atoms with van der Waals surface area (Å²) in [6.45, 7) is 4.46. The van der Waals surface area contributed by atoms with E-state index in [9.17, 15) is 0 Å². The van der Waals surface area contributed by atoms with Crippen molar-refractivity contribution < 1.29 is 4.57 Å². The molecule has 1 aliphatic heterocycles. The van der Waals surface area contributed by atoms with Crippen LogP contribution >= 0.6 is 23.1 Å². The molecule has 2 aromatic heterocycles. The zero-order chi connectivity index (χ0) is 15.7. The predicted octanol–water partition coefficient (Wildman–Crippen LogP) is 5.63. The topological polar surface area (TPSA) is 3.88 Å². The summed E-state index contributed by atoms with van der Waals surface area (Å²) in [5, 5.41) is 6.33. The Balaban J connectivity index is 2.02. The summed E-state index contributed by atoms with van der Waals surface area (Å²) < 4.78 is 3.67. The predicted molar refractivity (Wildman–Crippen MR) is 99.5 cm³/mol. The molecule has 0 unspecified atom stereocenters. The Kier molecular flexibility index (Phi) is 2.71. The lowest BCUT2D eigenvalue weighted by atomic mass is 9.96. The van der Waals surface area contributed by atoms with Gasteiger partial charge in [0.1, 0.15) is 7.05 Å². The van der Waals surface area contributed by atoms with Gasteiger partial charge in [0.25, 0.3) is 0 Å². The summed E-state index contributed by atoms with van der Waals surface area (Å²) in [5.41, 5.74) is 5.50. The molecule has 0 atom stereocenters. The van der Waals surface area contributed by atoms with E-state index in [1.54, 1.807) is 0 Å². The smallest absolute Gasteiger partial charge is 0.200 e. The monoisotopic (exact) mass is 334 g/mol. The fraction of sp³-hybridized carbons (Fsp3) is 0.150. The van der Waals surface area contributed by atoms with Crippen molar-refractivity contribution in [3.8, 4) is 11.3 Å². The Morgan fingerprint density at radius 1 is 1.00 bits per heavy atom. The highest BCUT2D eigenvalue weighted by Gasteiger charge is 2.29. The van der Waals surface area contributed by atoms with Gasteiger partial charge in [0, 0.05) is 20.6 Å². The zero-order valence-corrected chi connectivity index (χ0v) is 14.9. The van der Waals surface area contributed by atoms with Gasteiger partial charge in [-0.3, -0.25) is 0 Å². The summed E-state index contributed by atoms with van der Waals surface area (Å²) in [4.78, 5) is 2.77. The van der Waals surface area contributed by atoms with Crippen LogP contribution in [0.4, 0.5) is 0 Å². The maximum atomic E-state index is 2.37. The Morgan fingerprint density at radius 2 is 1.87 bits per heavy atom. The van der Waals surface area contributed by atoms with Crippen molar-refractivity contribution in [2.45, 2.75) is 23.6 Å². The molecule has 0 N–H and O–H groups in total. The van der Waals surface area contributed by atoms with Gasteiger partial charge in [0.15, 0.2) is 6.20 Å². The largest absolute Gasteiger partial charge is 0.222 e. The van der Waals surface area contributed by atoms with Crippen LogP contribution in [0.5, 0.6) is 0 Å². The number of hydrogen-bond acceptors (Lipinski definition) is 2. The fourth-order valence-corrected chi connectivity index (χ4v) is 6.02. The summed E-state index contributed by atoms with van der Waals surface area (Å²) >= 11 is 3.76. The maximum absolute atomic E-state index is 2.37. The van der Waals surface area contributed by atoms with Crippen LogP contribution in [0.2, 0.25) is 0 Å². The van der Waals surface area contributed by atoms with E-state index in [0.29, 0.717) is 0 Å². The molecule has 3 heterocycles. The molecule has 0 bridgehead atoms. The lowest BCUT2D eigenvalue weighted by Gasteiger charge is -2.20. The van der Waals surface area contributed by atoms with Crippen molar-refractivity contribution in [2.75, 3.05) is 0 Å². The van der Waals surface area contributed by atoms with E-state index in [4.69, 9.17) is 0 Å². The molecule has 112 valence electrons. The first-order chi connectivity index (χ1) is 11.1. The van der Waals surface area contributed by atoms with Crippen molar-refractivity contribution >= 4 is 44.0 Å². The first kappa shape index (κ1) is 13.6. The van der Waals surface area contributed by atoms with E-state index < -0.39 is 0 Å². The molecule has 0 radical (unpaired) electrons. The van der Waals surface area contributed by atoms with Crippen LogP contribution in [0, 0.1) is 13.8 Å². The Labute approximate surface area is 143 Å². The van der Waals surface area contributed by atoms with Crippen LogP contribution in [0.3, 0.4) is 0 Å². The summed E-state index contributed by atoms with van der Waals surface area (Å²) in [6.07, 6.45) is 2.19. The SMILES string of the molecule is Cc1cc2c3c([n+](C)ccc3c1)-c1c(cc3sccc3c1C)S2. The zero-order valence-electron chi connectivity index (χ0n) is 13.3. The molecule has 0 fully saturated rings. The molecule has 1 nitrogen and oxygen atoms in total. The summed E-state index contributed by atoms with van der Waals surface area (Å²) in [7, 11) is 2.16. The van der Waals surface area contributed by atoms with E-state index in [0.717, 1.165) is 0 Å². The average Bonchev–Trinajstić information content (AvgIpc) is 2.98. The van der Waals surface area contributed by atoms with Crippen LogP contribution < -0.4 is 4.57 Å². The third kappa shape index (κ3) is 1.78. The van der Waals surface area contributed by atoms with Crippen molar-refractivity contribution in [3.63, 3.8) is 0 Å². The lowest BCUT2D eigenvalue weighted by molar-refractivity contribution is -0.659. The molecular formula is C20H16NS2+. The molecule has 0 amide bonds. The van der Waals surface area contributed by atoms with Gasteiger partial charge in [-0.25, -0.2) is 4.57 Å². The molecule has 0 spiro atoms. The van der Waals surface area contributed by atoms with E-state index in [1.807, 2.05) is 23.1 Å². The first-order valence-electron chi connectivity index (χ1n) is 7.75. The van der Waals surface area contributed by atoms with Crippen molar-refractivity contribution in [3.05, 3.63) is 53.0 Å². The van der Waals surface area contributed by atoms with E-state index >= 15 is 0 Å². The molecule has 0 saturated heterocycles. The number of aryl methyl sites for hydroxylation is 3. The van der Waals surface area contributed by atoms with E-state index in [1.165, 1.54) is 53.0 Å². The minimum Gasteiger partial charge on any atom is -0.200 e. The maximum Gasteiger partial charge on any atom is 0.222 e. The van der Waals surface area contributed by atoms with Gasteiger partial charge >= 0.3 is 0 Å². The average molecular weight is 334 g/mol. The number of nitrogens with zero attached hydrogens (tertiary/aromatic N) is 1. The standard InChI is InChI=1S/C20H16NS2/c1-11-8-13-4-6-21(3)20-18-12(2)14-5-7-22-15(14)10-17(18)23-16(9-11)19(13)20/h4-10H,1-3H3/q+1. The number of thiophene rings is 1. The number of fused-ring (bicyclic) bond motifs is 3. The quantitative estimate of drug-likeness (QED) is 0.332. The van der Waals surface area contributed by atoms with Crippen molar-refractivity contribution in [2.24, 2.45) is 7.05 Å². The molecular weight excluding hydrogens is 318 g/mol. The third-order valence-electron chi connectivity index (χ3n) is 4.78. The van der Waals surface area contributed by atoms with Gasteiger partial charge in [-0.1, -0.05) is 17.8 Å². The minimum absolute atomic E-state index is 1.33. The number of rotatable bonds is 0. The highest BCUT2D eigenvalue weighted by Crippen LogP contribution is 2.50. The second-order valence-corrected chi connectivity index (χ2v) is 8.34.